The Morgan fingerprint density at radius 1 is 1.04 bits per heavy atom. The van der Waals surface area contributed by atoms with Gasteiger partial charge < -0.3 is 9.47 Å². The summed E-state index contributed by atoms with van der Waals surface area (Å²) in [7, 11) is 0. The van der Waals surface area contributed by atoms with Crippen molar-refractivity contribution in [2.45, 2.75) is 33.0 Å². The van der Waals surface area contributed by atoms with Crippen LogP contribution in [0.5, 0.6) is 5.75 Å². The number of hydrogen-bond donors (Lipinski definition) is 0. The average molecular weight is 394 g/mol. The standard InChI is InChI=1S/C23H22O4S/c1-23(2,3)27-22(25)18-11-17(21-10-9-20(14-24)28-21)12-19(13-18)26-15-16-7-5-4-6-8-16/h4-14H,15H2,1-3H3. The Labute approximate surface area is 168 Å². The van der Waals surface area contributed by atoms with E-state index in [-0.39, 0.29) is 0 Å². The number of carbonyl (C=O) groups is 2. The summed E-state index contributed by atoms with van der Waals surface area (Å²) in [5.41, 5.74) is 1.67. The summed E-state index contributed by atoms with van der Waals surface area (Å²) in [6.45, 7) is 5.88. The normalized spacial score (nSPS) is 11.1. The minimum atomic E-state index is -0.592. The van der Waals surface area contributed by atoms with Crippen LogP contribution >= 0.6 is 11.3 Å². The van der Waals surface area contributed by atoms with Crippen molar-refractivity contribution in [2.75, 3.05) is 0 Å². The second kappa shape index (κ2) is 8.40. The summed E-state index contributed by atoms with van der Waals surface area (Å²) in [5, 5.41) is 0. The maximum Gasteiger partial charge on any atom is 0.338 e. The predicted molar refractivity (Wildman–Crippen MR) is 111 cm³/mol. The first-order chi connectivity index (χ1) is 13.3. The number of esters is 1. The van der Waals surface area contributed by atoms with Crippen LogP contribution in [0.1, 0.15) is 46.4 Å². The molecule has 0 radical (unpaired) electrons. The fourth-order valence-electron chi connectivity index (χ4n) is 2.59. The van der Waals surface area contributed by atoms with Crippen LogP contribution in [-0.4, -0.2) is 17.9 Å². The van der Waals surface area contributed by atoms with Gasteiger partial charge in [0.15, 0.2) is 6.29 Å². The molecule has 0 N–H and O–H groups in total. The maximum atomic E-state index is 12.6. The van der Waals surface area contributed by atoms with Crippen LogP contribution in [0.25, 0.3) is 10.4 Å². The van der Waals surface area contributed by atoms with Gasteiger partial charge in [0.05, 0.1) is 10.4 Å². The van der Waals surface area contributed by atoms with Gasteiger partial charge in [-0.05, 0) is 62.2 Å². The van der Waals surface area contributed by atoms with Crippen molar-refractivity contribution in [3.8, 4) is 16.2 Å². The Hall–Kier alpha value is -2.92. The lowest BCUT2D eigenvalue weighted by atomic mass is 10.1. The highest BCUT2D eigenvalue weighted by molar-refractivity contribution is 7.17. The molecular formula is C23H22O4S. The minimum Gasteiger partial charge on any atom is -0.489 e. The van der Waals surface area contributed by atoms with Crippen LogP contribution in [-0.2, 0) is 11.3 Å². The third-order valence-corrected chi connectivity index (χ3v) is 4.88. The Kier molecular flexibility index (Phi) is 5.95. The van der Waals surface area contributed by atoms with Gasteiger partial charge in [-0.3, -0.25) is 4.79 Å². The van der Waals surface area contributed by atoms with Crippen molar-refractivity contribution < 1.29 is 19.1 Å². The van der Waals surface area contributed by atoms with E-state index in [0.29, 0.717) is 22.8 Å². The highest BCUT2D eigenvalue weighted by atomic mass is 32.1. The summed E-state index contributed by atoms with van der Waals surface area (Å²) < 4.78 is 11.4. The molecule has 28 heavy (non-hydrogen) atoms. The molecular weight excluding hydrogens is 372 g/mol. The molecule has 0 spiro atoms. The second-order valence-corrected chi connectivity index (χ2v) is 8.46. The van der Waals surface area contributed by atoms with Crippen LogP contribution in [0.15, 0.2) is 60.7 Å². The van der Waals surface area contributed by atoms with E-state index in [2.05, 4.69) is 0 Å². The van der Waals surface area contributed by atoms with E-state index in [1.54, 1.807) is 18.2 Å². The van der Waals surface area contributed by atoms with Gasteiger partial charge in [-0.1, -0.05) is 30.3 Å². The van der Waals surface area contributed by atoms with Crippen LogP contribution in [0.3, 0.4) is 0 Å². The number of carbonyl (C=O) groups excluding carboxylic acids is 2. The molecule has 0 fully saturated rings. The molecule has 144 valence electrons. The monoisotopic (exact) mass is 394 g/mol. The van der Waals surface area contributed by atoms with Gasteiger partial charge in [-0.15, -0.1) is 11.3 Å². The molecule has 5 heteroatoms. The molecule has 0 amide bonds. The van der Waals surface area contributed by atoms with Crippen LogP contribution in [0.4, 0.5) is 0 Å². The number of thiophene rings is 1. The van der Waals surface area contributed by atoms with Crippen molar-refractivity contribution >= 4 is 23.6 Å². The van der Waals surface area contributed by atoms with Gasteiger partial charge in [0.1, 0.15) is 18.0 Å². The van der Waals surface area contributed by atoms with Crippen LogP contribution < -0.4 is 4.74 Å². The molecule has 0 aliphatic carbocycles. The smallest absolute Gasteiger partial charge is 0.338 e. The number of ether oxygens (including phenoxy) is 2. The average Bonchev–Trinajstić information content (AvgIpc) is 3.15. The number of aldehydes is 1. The summed E-state index contributed by atoms with van der Waals surface area (Å²) >= 11 is 1.37. The third kappa shape index (κ3) is 5.30. The maximum absolute atomic E-state index is 12.6. The third-order valence-electron chi connectivity index (χ3n) is 3.82. The Morgan fingerprint density at radius 2 is 1.79 bits per heavy atom. The van der Waals surface area contributed by atoms with E-state index in [1.165, 1.54) is 11.3 Å². The molecule has 0 atom stereocenters. The lowest BCUT2D eigenvalue weighted by molar-refractivity contribution is 0.00690. The Bertz CT molecular complexity index is 968. The van der Waals surface area contributed by atoms with E-state index >= 15 is 0 Å². The molecule has 3 rings (SSSR count). The van der Waals surface area contributed by atoms with Gasteiger partial charge in [0.2, 0.25) is 0 Å². The van der Waals surface area contributed by atoms with Crippen molar-refractivity contribution in [1.82, 2.24) is 0 Å². The molecule has 0 saturated heterocycles. The first kappa shape index (κ1) is 19.8. The fraction of sp³-hybridized carbons (Fsp3) is 0.217. The van der Waals surface area contributed by atoms with Gasteiger partial charge in [-0.2, -0.15) is 0 Å². The van der Waals surface area contributed by atoms with Crippen molar-refractivity contribution in [2.24, 2.45) is 0 Å². The highest BCUT2D eigenvalue weighted by Gasteiger charge is 2.19. The lowest BCUT2D eigenvalue weighted by Crippen LogP contribution is -2.23. The zero-order valence-electron chi connectivity index (χ0n) is 16.1. The van der Waals surface area contributed by atoms with Gasteiger partial charge in [-0.25, -0.2) is 4.79 Å². The molecule has 0 aliphatic heterocycles. The number of hydrogen-bond acceptors (Lipinski definition) is 5. The topological polar surface area (TPSA) is 52.6 Å². The zero-order chi connectivity index (χ0) is 20.1. The van der Waals surface area contributed by atoms with E-state index in [9.17, 15) is 9.59 Å². The highest BCUT2D eigenvalue weighted by Crippen LogP contribution is 2.32. The van der Waals surface area contributed by atoms with E-state index in [0.717, 1.165) is 22.3 Å². The van der Waals surface area contributed by atoms with E-state index in [4.69, 9.17) is 9.47 Å². The lowest BCUT2D eigenvalue weighted by Gasteiger charge is -2.20. The molecule has 0 unspecified atom stereocenters. The molecule has 0 bridgehead atoms. The molecule has 1 aromatic heterocycles. The zero-order valence-corrected chi connectivity index (χ0v) is 16.9. The van der Waals surface area contributed by atoms with E-state index in [1.807, 2.05) is 63.2 Å². The molecule has 3 aromatic rings. The summed E-state index contributed by atoms with van der Waals surface area (Å²) in [6, 6.07) is 18.8. The number of benzene rings is 2. The SMILES string of the molecule is CC(C)(C)OC(=O)c1cc(OCc2ccccc2)cc(-c2ccc(C=O)s2)c1. The molecule has 2 aromatic carbocycles. The fourth-order valence-corrected chi connectivity index (χ4v) is 3.40. The largest absolute Gasteiger partial charge is 0.489 e. The van der Waals surface area contributed by atoms with Gasteiger partial charge in [0, 0.05) is 4.88 Å². The second-order valence-electron chi connectivity index (χ2n) is 7.34. The quantitative estimate of drug-likeness (QED) is 0.394. The van der Waals surface area contributed by atoms with Crippen LogP contribution in [0, 0.1) is 0 Å². The summed E-state index contributed by atoms with van der Waals surface area (Å²) in [5.74, 6) is 0.161. The van der Waals surface area contributed by atoms with Crippen molar-refractivity contribution in [3.63, 3.8) is 0 Å². The predicted octanol–water partition coefficient (Wildman–Crippen LogP) is 5.76. The minimum absolute atomic E-state index is 0.391. The van der Waals surface area contributed by atoms with Crippen molar-refractivity contribution in [1.29, 1.82) is 0 Å². The summed E-state index contributed by atoms with van der Waals surface area (Å²) in [4.78, 5) is 25.1. The van der Waals surface area contributed by atoms with Crippen molar-refractivity contribution in [3.05, 3.63) is 76.7 Å². The first-order valence-electron chi connectivity index (χ1n) is 8.94. The Morgan fingerprint density at radius 3 is 2.43 bits per heavy atom. The van der Waals surface area contributed by atoms with E-state index < -0.39 is 11.6 Å². The molecule has 1 heterocycles. The molecule has 0 saturated carbocycles. The first-order valence-corrected chi connectivity index (χ1v) is 9.76. The van der Waals surface area contributed by atoms with Crippen LogP contribution in [0.2, 0.25) is 0 Å². The van der Waals surface area contributed by atoms with Gasteiger partial charge >= 0.3 is 5.97 Å². The number of rotatable bonds is 6. The summed E-state index contributed by atoms with van der Waals surface area (Å²) in [6.07, 6.45) is 0.818. The van der Waals surface area contributed by atoms with Gasteiger partial charge in [0.25, 0.3) is 0 Å². The Balaban J connectivity index is 1.93. The molecule has 0 aliphatic rings. The molecule has 4 nitrogen and oxygen atoms in total.